The maximum Gasteiger partial charge on any atom is 0.239 e. The van der Waals surface area contributed by atoms with Crippen molar-refractivity contribution in [2.75, 3.05) is 25.4 Å². The van der Waals surface area contributed by atoms with E-state index in [1.807, 2.05) is 18.7 Å². The minimum absolute atomic E-state index is 0.0314. The molecular formula is C15H28N2OS. The smallest absolute Gasteiger partial charge is 0.239 e. The Bertz CT molecular complexity index is 295. The van der Waals surface area contributed by atoms with Crippen LogP contribution in [0.25, 0.3) is 0 Å². The van der Waals surface area contributed by atoms with Crippen LogP contribution in [0.5, 0.6) is 0 Å². The predicted octanol–water partition coefficient (Wildman–Crippen LogP) is 2.65. The van der Waals surface area contributed by atoms with Crippen LogP contribution in [0.2, 0.25) is 0 Å². The molecule has 0 spiro atoms. The highest BCUT2D eigenvalue weighted by molar-refractivity contribution is 8.00. The Morgan fingerprint density at radius 3 is 2.53 bits per heavy atom. The van der Waals surface area contributed by atoms with Crippen molar-refractivity contribution in [3.8, 4) is 0 Å². The summed E-state index contributed by atoms with van der Waals surface area (Å²) in [6, 6.07) is -0.0314. The zero-order valence-electron chi connectivity index (χ0n) is 12.4. The van der Waals surface area contributed by atoms with Crippen LogP contribution in [0, 0.1) is 0 Å². The van der Waals surface area contributed by atoms with Crippen LogP contribution >= 0.6 is 11.8 Å². The molecule has 2 rings (SSSR count). The molecule has 4 heteroatoms. The van der Waals surface area contributed by atoms with E-state index in [9.17, 15) is 4.79 Å². The summed E-state index contributed by atoms with van der Waals surface area (Å²) in [4.78, 5) is 14.5. The van der Waals surface area contributed by atoms with E-state index in [1.165, 1.54) is 44.3 Å². The fourth-order valence-corrected chi connectivity index (χ4v) is 4.25. The number of likely N-dealkylation sites (tertiary alicyclic amines) is 1. The highest BCUT2D eigenvalue weighted by Crippen LogP contribution is 2.37. The van der Waals surface area contributed by atoms with Crippen molar-refractivity contribution >= 4 is 17.7 Å². The number of nitrogens with one attached hydrogen (secondary N) is 1. The van der Waals surface area contributed by atoms with Gasteiger partial charge in [0.2, 0.25) is 5.91 Å². The van der Waals surface area contributed by atoms with Crippen LogP contribution in [0.3, 0.4) is 0 Å². The highest BCUT2D eigenvalue weighted by atomic mass is 32.2. The fourth-order valence-electron chi connectivity index (χ4n) is 3.00. The molecule has 0 aromatic carbocycles. The fraction of sp³-hybridized carbons (Fsp3) is 0.933. The summed E-state index contributed by atoms with van der Waals surface area (Å²) >= 11 is 2.05. The number of thioether (sulfide) groups is 1. The van der Waals surface area contributed by atoms with Gasteiger partial charge in [-0.3, -0.25) is 4.79 Å². The van der Waals surface area contributed by atoms with E-state index in [1.54, 1.807) is 0 Å². The van der Waals surface area contributed by atoms with Crippen LogP contribution < -0.4 is 5.32 Å². The molecule has 0 aromatic rings. The monoisotopic (exact) mass is 284 g/mol. The average Bonchev–Trinajstić information content (AvgIpc) is 2.68. The Morgan fingerprint density at radius 1 is 1.26 bits per heavy atom. The Hall–Kier alpha value is -0.220. The lowest BCUT2D eigenvalue weighted by Gasteiger charge is -2.28. The van der Waals surface area contributed by atoms with Gasteiger partial charge in [0.05, 0.1) is 6.04 Å². The van der Waals surface area contributed by atoms with Crippen LogP contribution in [0.4, 0.5) is 0 Å². The summed E-state index contributed by atoms with van der Waals surface area (Å²) < 4.78 is 0.341. The summed E-state index contributed by atoms with van der Waals surface area (Å²) in [5.74, 6) is 1.57. The lowest BCUT2D eigenvalue weighted by Crippen LogP contribution is -2.48. The minimum atomic E-state index is -0.0314. The molecule has 2 fully saturated rings. The molecule has 0 bridgehead atoms. The van der Waals surface area contributed by atoms with Gasteiger partial charge in [-0.25, -0.2) is 0 Å². The maximum atomic E-state index is 12.4. The van der Waals surface area contributed by atoms with Crippen molar-refractivity contribution in [2.24, 2.45) is 0 Å². The molecular weight excluding hydrogens is 256 g/mol. The zero-order chi connectivity index (χ0) is 13.7. The number of hydrogen-bond donors (Lipinski definition) is 1. The Kier molecular flexibility index (Phi) is 5.58. The largest absolute Gasteiger partial charge is 0.341 e. The van der Waals surface area contributed by atoms with Crippen LogP contribution in [0.15, 0.2) is 0 Å². The quantitative estimate of drug-likeness (QED) is 0.861. The third kappa shape index (κ3) is 4.38. The van der Waals surface area contributed by atoms with E-state index >= 15 is 0 Å². The van der Waals surface area contributed by atoms with E-state index in [4.69, 9.17) is 0 Å². The molecule has 1 N–H and O–H groups in total. The minimum Gasteiger partial charge on any atom is -0.341 e. The van der Waals surface area contributed by atoms with Gasteiger partial charge in [0.1, 0.15) is 0 Å². The third-order valence-electron chi connectivity index (χ3n) is 4.37. The van der Waals surface area contributed by atoms with E-state index in [0.29, 0.717) is 10.7 Å². The molecule has 0 saturated carbocycles. The number of carbonyl (C=O) groups is 1. The van der Waals surface area contributed by atoms with Gasteiger partial charge >= 0.3 is 0 Å². The molecule has 0 radical (unpaired) electrons. The molecule has 2 atom stereocenters. The molecule has 0 aliphatic carbocycles. The lowest BCUT2D eigenvalue weighted by atomic mass is 10.1. The number of amides is 1. The molecule has 0 aromatic heterocycles. The normalized spacial score (nSPS) is 30.1. The molecule has 2 saturated heterocycles. The molecule has 110 valence electrons. The second-order valence-corrected chi connectivity index (χ2v) is 7.93. The summed E-state index contributed by atoms with van der Waals surface area (Å²) in [5.41, 5.74) is 0. The first-order valence-electron chi connectivity index (χ1n) is 7.77. The second-order valence-electron chi connectivity index (χ2n) is 6.24. The van der Waals surface area contributed by atoms with Gasteiger partial charge in [0, 0.05) is 24.4 Å². The zero-order valence-corrected chi connectivity index (χ0v) is 13.2. The lowest BCUT2D eigenvalue weighted by molar-refractivity contribution is -0.133. The first kappa shape index (κ1) is 15.2. The van der Waals surface area contributed by atoms with Crippen molar-refractivity contribution in [1.29, 1.82) is 0 Å². The predicted molar refractivity (Wildman–Crippen MR) is 82.6 cm³/mol. The standard InChI is InChI=1S/C15H28N2OS/c1-13(16-12-15(2)8-7-11-19-15)14(18)17-9-5-3-4-6-10-17/h13,16H,3-12H2,1-2H3. The van der Waals surface area contributed by atoms with Gasteiger partial charge in [-0.05, 0) is 45.3 Å². The van der Waals surface area contributed by atoms with Gasteiger partial charge in [-0.2, -0.15) is 11.8 Å². The van der Waals surface area contributed by atoms with Gasteiger partial charge in [-0.1, -0.05) is 12.8 Å². The van der Waals surface area contributed by atoms with E-state index in [2.05, 4.69) is 17.1 Å². The third-order valence-corrected chi connectivity index (χ3v) is 5.91. The van der Waals surface area contributed by atoms with Crippen molar-refractivity contribution in [3.05, 3.63) is 0 Å². The van der Waals surface area contributed by atoms with Gasteiger partial charge in [-0.15, -0.1) is 0 Å². The van der Waals surface area contributed by atoms with E-state index in [0.717, 1.165) is 19.6 Å². The van der Waals surface area contributed by atoms with Gasteiger partial charge < -0.3 is 10.2 Å². The number of hydrogen-bond acceptors (Lipinski definition) is 3. The SMILES string of the molecule is CC(NCC1(C)CCCS1)C(=O)N1CCCCCC1. The van der Waals surface area contributed by atoms with Crippen LogP contribution in [-0.4, -0.2) is 47.0 Å². The van der Waals surface area contributed by atoms with E-state index in [-0.39, 0.29) is 6.04 Å². The number of rotatable bonds is 4. The molecule has 1 amide bonds. The first-order valence-corrected chi connectivity index (χ1v) is 8.75. The Balaban J connectivity index is 1.78. The van der Waals surface area contributed by atoms with E-state index < -0.39 is 0 Å². The molecule has 2 aliphatic rings. The van der Waals surface area contributed by atoms with Crippen molar-refractivity contribution in [1.82, 2.24) is 10.2 Å². The van der Waals surface area contributed by atoms with Crippen molar-refractivity contribution < 1.29 is 4.79 Å². The highest BCUT2D eigenvalue weighted by Gasteiger charge is 2.30. The molecule has 19 heavy (non-hydrogen) atoms. The molecule has 2 unspecified atom stereocenters. The maximum absolute atomic E-state index is 12.4. The Labute approximate surface area is 121 Å². The average molecular weight is 284 g/mol. The van der Waals surface area contributed by atoms with Crippen molar-refractivity contribution in [2.45, 2.75) is 63.2 Å². The Morgan fingerprint density at radius 2 is 1.95 bits per heavy atom. The molecule has 2 aliphatic heterocycles. The van der Waals surface area contributed by atoms with Crippen LogP contribution in [0.1, 0.15) is 52.4 Å². The molecule has 3 nitrogen and oxygen atoms in total. The number of carbonyl (C=O) groups excluding carboxylic acids is 1. The number of nitrogens with zero attached hydrogens (tertiary/aromatic N) is 1. The summed E-state index contributed by atoms with van der Waals surface area (Å²) in [7, 11) is 0. The second kappa shape index (κ2) is 6.98. The van der Waals surface area contributed by atoms with Gasteiger partial charge in [0.15, 0.2) is 0 Å². The summed E-state index contributed by atoms with van der Waals surface area (Å²) in [6.45, 7) is 7.21. The van der Waals surface area contributed by atoms with Crippen molar-refractivity contribution in [3.63, 3.8) is 0 Å². The molecule has 2 heterocycles. The summed E-state index contributed by atoms with van der Waals surface area (Å²) in [6.07, 6.45) is 7.49. The summed E-state index contributed by atoms with van der Waals surface area (Å²) in [5, 5.41) is 3.47. The van der Waals surface area contributed by atoms with Gasteiger partial charge in [0.25, 0.3) is 0 Å². The van der Waals surface area contributed by atoms with Crippen LogP contribution in [-0.2, 0) is 4.79 Å². The first-order chi connectivity index (χ1) is 9.11. The topological polar surface area (TPSA) is 32.3 Å².